The second kappa shape index (κ2) is 14.5. The molecule has 6 heteroatoms. The van der Waals surface area contributed by atoms with Crippen LogP contribution in [0, 0.1) is 6.92 Å². The van der Waals surface area contributed by atoms with Crippen molar-refractivity contribution in [1.82, 2.24) is 0 Å². The van der Waals surface area contributed by atoms with Crippen LogP contribution in [0.25, 0.3) is 21.9 Å². The van der Waals surface area contributed by atoms with Gasteiger partial charge in [0.05, 0.1) is 11.4 Å². The lowest BCUT2D eigenvalue weighted by molar-refractivity contribution is 0.590. The first-order chi connectivity index (χ1) is 30.7. The zero-order chi connectivity index (χ0) is 42.6. The van der Waals surface area contributed by atoms with Crippen LogP contribution >= 0.6 is 11.3 Å². The van der Waals surface area contributed by atoms with Crippen molar-refractivity contribution in [2.75, 3.05) is 14.7 Å². The molecule has 3 aliphatic rings. The number of para-hydroxylation sites is 3. The average Bonchev–Trinajstić information content (AvgIpc) is 3.89. The van der Waals surface area contributed by atoms with E-state index in [-0.39, 0.29) is 12.1 Å². The molecule has 0 fully saturated rings. The molecule has 63 heavy (non-hydrogen) atoms. The summed E-state index contributed by atoms with van der Waals surface area (Å²) in [6.07, 6.45) is 5.75. The molecule has 0 atom stereocenters. The van der Waals surface area contributed by atoms with E-state index in [0.29, 0.717) is 0 Å². The lowest BCUT2D eigenvalue weighted by Crippen LogP contribution is -2.60. The molecule has 0 N–H and O–H groups in total. The largest absolute Gasteiger partial charge is 0.454 e. The van der Waals surface area contributed by atoms with E-state index >= 15 is 0 Å². The quantitative estimate of drug-likeness (QED) is 0.156. The van der Waals surface area contributed by atoms with Crippen molar-refractivity contribution in [2.24, 2.45) is 0 Å². The zero-order valence-electron chi connectivity index (χ0n) is 36.7. The minimum absolute atomic E-state index is 0.0520. The summed E-state index contributed by atoms with van der Waals surface area (Å²) in [6.45, 7) is 11.4. The number of nitrogens with zero attached hydrogens (tertiary/aromatic N) is 3. The Hall–Kier alpha value is -6.50. The molecular formula is C57H50BN3OS. The van der Waals surface area contributed by atoms with Crippen molar-refractivity contribution in [3.63, 3.8) is 0 Å². The van der Waals surface area contributed by atoms with Crippen LogP contribution in [0.15, 0.2) is 156 Å². The van der Waals surface area contributed by atoms with Crippen molar-refractivity contribution in [1.29, 1.82) is 0 Å². The topological polar surface area (TPSA) is 22.9 Å². The molecule has 12 rings (SSSR count). The summed E-state index contributed by atoms with van der Waals surface area (Å²) >= 11 is 2.07. The summed E-state index contributed by atoms with van der Waals surface area (Å²) in [5, 5.41) is 2.26. The second-order valence-electron chi connectivity index (χ2n) is 18.7. The van der Waals surface area contributed by atoms with Crippen LogP contribution < -0.4 is 30.4 Å². The summed E-state index contributed by atoms with van der Waals surface area (Å²) in [4.78, 5) is 9.15. The third-order valence-corrected chi connectivity index (χ3v) is 15.1. The van der Waals surface area contributed by atoms with Gasteiger partial charge in [0, 0.05) is 60.2 Å². The molecule has 4 heterocycles. The second-order valence-corrected chi connectivity index (χ2v) is 19.9. The van der Waals surface area contributed by atoms with Gasteiger partial charge in [-0.1, -0.05) is 107 Å². The molecule has 0 bridgehead atoms. The standard InChI is InChI=1S/C57H50BN3OS/c1-6-37-23-27-40(28-24-37)59(41-29-25-38(26-30-41)57(3,4)5)42-31-32-46-48(35-42)61(47-20-14-19-44-43-17-10-12-21-51(43)62-55(44)47)50-34-36(2)33-49-53(50)58(46)56-54(45-18-11-13-22-52(45)63-56)60(49)39-15-8-7-9-16-39/h7-10,12,14-17,19-21,23-35H,6,11,13,18,22H2,1-5H3. The molecule has 0 unspecified atom stereocenters. The number of aryl methyl sites for hydroxylation is 3. The van der Waals surface area contributed by atoms with Crippen LogP contribution in [0.4, 0.5) is 51.2 Å². The fraction of sp³-hybridized carbons (Fsp3) is 0.193. The fourth-order valence-corrected chi connectivity index (χ4v) is 12.2. The van der Waals surface area contributed by atoms with Crippen LogP contribution in [0.5, 0.6) is 0 Å². The number of benzene rings is 7. The summed E-state index contributed by atoms with van der Waals surface area (Å²) in [7, 11) is 0. The molecule has 2 aliphatic heterocycles. The van der Waals surface area contributed by atoms with Gasteiger partial charge in [0.2, 0.25) is 0 Å². The van der Waals surface area contributed by atoms with Gasteiger partial charge in [0.1, 0.15) is 5.58 Å². The average molecular weight is 836 g/mol. The van der Waals surface area contributed by atoms with Gasteiger partial charge in [0.25, 0.3) is 6.71 Å². The van der Waals surface area contributed by atoms with Gasteiger partial charge < -0.3 is 19.1 Å². The molecule has 7 aromatic carbocycles. The number of anilines is 9. The summed E-state index contributed by atoms with van der Waals surface area (Å²) in [5.41, 5.74) is 20.7. The summed E-state index contributed by atoms with van der Waals surface area (Å²) < 4.78 is 8.37. The Morgan fingerprint density at radius 1 is 0.651 bits per heavy atom. The molecule has 0 amide bonds. The molecule has 0 saturated heterocycles. The van der Waals surface area contributed by atoms with Crippen molar-refractivity contribution in [3.05, 3.63) is 179 Å². The van der Waals surface area contributed by atoms with Gasteiger partial charge >= 0.3 is 0 Å². The number of furan rings is 1. The molecule has 2 aromatic heterocycles. The molecule has 9 aromatic rings. The Bertz CT molecular complexity index is 3230. The maximum atomic E-state index is 6.91. The first-order valence-electron chi connectivity index (χ1n) is 22.7. The third-order valence-electron chi connectivity index (χ3n) is 13.8. The molecule has 1 aliphatic carbocycles. The van der Waals surface area contributed by atoms with Gasteiger partial charge in [0.15, 0.2) is 5.58 Å². The Kier molecular flexibility index (Phi) is 8.81. The van der Waals surface area contributed by atoms with Gasteiger partial charge in [-0.3, -0.25) is 0 Å². The predicted molar refractivity (Wildman–Crippen MR) is 270 cm³/mol. The maximum Gasteiger partial charge on any atom is 0.264 e. The van der Waals surface area contributed by atoms with Gasteiger partial charge in [-0.15, -0.1) is 0 Å². The Balaban J connectivity index is 1.16. The van der Waals surface area contributed by atoms with Crippen LogP contribution in [0.2, 0.25) is 0 Å². The highest BCUT2D eigenvalue weighted by atomic mass is 32.1. The fourth-order valence-electron chi connectivity index (χ4n) is 10.7. The van der Waals surface area contributed by atoms with E-state index in [4.69, 9.17) is 4.42 Å². The Morgan fingerprint density at radius 2 is 1.33 bits per heavy atom. The van der Waals surface area contributed by atoms with Crippen molar-refractivity contribution >= 4 is 107 Å². The molecule has 4 nitrogen and oxygen atoms in total. The van der Waals surface area contributed by atoms with E-state index in [1.807, 2.05) is 0 Å². The van der Waals surface area contributed by atoms with E-state index in [1.54, 1.807) is 10.4 Å². The van der Waals surface area contributed by atoms with Gasteiger partial charge in [-0.05, 0) is 150 Å². The maximum absolute atomic E-state index is 6.91. The highest BCUT2D eigenvalue weighted by molar-refractivity contribution is 7.29. The minimum Gasteiger partial charge on any atom is -0.454 e. The molecule has 0 saturated carbocycles. The number of rotatable bonds is 6. The van der Waals surface area contributed by atoms with Crippen molar-refractivity contribution in [2.45, 2.75) is 72.1 Å². The third kappa shape index (κ3) is 6.02. The smallest absolute Gasteiger partial charge is 0.264 e. The van der Waals surface area contributed by atoms with E-state index < -0.39 is 0 Å². The number of thiophene rings is 1. The number of hydrogen-bond donors (Lipinski definition) is 0. The van der Waals surface area contributed by atoms with Crippen LogP contribution in [-0.2, 0) is 24.7 Å². The Morgan fingerprint density at radius 3 is 2.10 bits per heavy atom. The summed E-state index contributed by atoms with van der Waals surface area (Å²) in [5.74, 6) is 0. The first-order valence-corrected chi connectivity index (χ1v) is 23.5. The highest BCUT2D eigenvalue weighted by Crippen LogP contribution is 2.51. The zero-order valence-corrected chi connectivity index (χ0v) is 37.5. The van der Waals surface area contributed by atoms with E-state index in [1.165, 1.54) is 73.7 Å². The lowest BCUT2D eigenvalue weighted by atomic mass is 9.36. The molecule has 0 radical (unpaired) electrons. The Labute approximate surface area is 375 Å². The number of hydrogen-bond acceptors (Lipinski definition) is 5. The summed E-state index contributed by atoms with van der Waals surface area (Å²) in [6, 6.07) is 56.7. The van der Waals surface area contributed by atoms with Crippen LogP contribution in [0.3, 0.4) is 0 Å². The van der Waals surface area contributed by atoms with Crippen LogP contribution in [-0.4, -0.2) is 6.71 Å². The SMILES string of the molecule is CCc1ccc(N(c2ccc(C(C)(C)C)cc2)c2ccc3c(c2)N(c2cccc4c2oc2ccccc24)c2cc(C)cc4c2B3c2sc3c(c2N4c2ccccc2)CCCC3)cc1. The lowest BCUT2D eigenvalue weighted by Gasteiger charge is -2.44. The predicted octanol–water partition coefficient (Wildman–Crippen LogP) is 14.2. The normalized spacial score (nSPS) is 14.1. The molecule has 0 spiro atoms. The van der Waals surface area contributed by atoms with E-state index in [0.717, 1.165) is 64.0 Å². The van der Waals surface area contributed by atoms with Crippen LogP contribution in [0.1, 0.15) is 67.7 Å². The highest BCUT2D eigenvalue weighted by Gasteiger charge is 2.46. The molecule has 308 valence electrons. The molecular weight excluding hydrogens is 786 g/mol. The van der Waals surface area contributed by atoms with Crippen molar-refractivity contribution < 1.29 is 4.42 Å². The minimum atomic E-state index is 0.0520. The first kappa shape index (κ1) is 38.2. The number of fused-ring (bicyclic) bond motifs is 9. The monoisotopic (exact) mass is 835 g/mol. The van der Waals surface area contributed by atoms with Gasteiger partial charge in [-0.2, -0.15) is 11.3 Å². The van der Waals surface area contributed by atoms with Gasteiger partial charge in [-0.25, -0.2) is 0 Å². The van der Waals surface area contributed by atoms with E-state index in [2.05, 4.69) is 212 Å². The van der Waals surface area contributed by atoms with Crippen molar-refractivity contribution in [3.8, 4) is 0 Å². The van der Waals surface area contributed by atoms with E-state index in [9.17, 15) is 0 Å².